The second-order valence-corrected chi connectivity index (χ2v) is 3.69. The van der Waals surface area contributed by atoms with Gasteiger partial charge in [-0.2, -0.15) is 0 Å². The predicted molar refractivity (Wildman–Crippen MR) is 76.4 cm³/mol. The van der Waals surface area contributed by atoms with Crippen molar-refractivity contribution in [3.8, 4) is 0 Å². The molecule has 0 radical (unpaired) electrons. The number of rotatable bonds is 2. The first-order valence-electron chi connectivity index (χ1n) is 5.71. The van der Waals surface area contributed by atoms with Crippen molar-refractivity contribution < 1.29 is 8.78 Å². The molecule has 0 aromatic heterocycles. The number of benzene rings is 2. The zero-order chi connectivity index (χ0) is 14.1. The third-order valence-electron chi connectivity index (χ3n) is 2.25. The molecule has 0 unspecified atom stereocenters. The number of aliphatic imine (C=N–C) groups is 1. The van der Waals surface area contributed by atoms with Crippen molar-refractivity contribution in [2.75, 3.05) is 7.05 Å². The van der Waals surface area contributed by atoms with Crippen molar-refractivity contribution >= 4 is 12.3 Å². The van der Waals surface area contributed by atoms with Crippen LogP contribution in [0.25, 0.3) is 6.08 Å². The van der Waals surface area contributed by atoms with Gasteiger partial charge in [0.15, 0.2) is 0 Å². The standard InChI is InChI=1S/C8H8FN.C8H7F/c1-10-6-7-2-4-8(9)5-3-7;1-2-7-3-5-8(9)6-4-7/h2-6H,1H3;2-6H,1H2. The predicted octanol–water partition coefficient (Wildman–Crippen LogP) is 4.34. The maximum absolute atomic E-state index is 12.3. The summed E-state index contributed by atoms with van der Waals surface area (Å²) in [7, 11) is 1.68. The molecule has 0 aliphatic carbocycles. The van der Waals surface area contributed by atoms with Gasteiger partial charge in [0.05, 0.1) is 0 Å². The Kier molecular flexibility index (Phi) is 6.16. The molecule has 2 aromatic rings. The minimum absolute atomic E-state index is 0.208. The minimum atomic E-state index is -0.215. The lowest BCUT2D eigenvalue weighted by Gasteiger charge is -1.89. The van der Waals surface area contributed by atoms with E-state index >= 15 is 0 Å². The fourth-order valence-electron chi connectivity index (χ4n) is 1.30. The van der Waals surface area contributed by atoms with Gasteiger partial charge in [-0.25, -0.2) is 8.78 Å². The lowest BCUT2D eigenvalue weighted by molar-refractivity contribution is 0.627. The molecule has 0 fully saturated rings. The highest BCUT2D eigenvalue weighted by atomic mass is 19.1. The number of halogens is 2. The van der Waals surface area contributed by atoms with Crippen LogP contribution in [0.15, 0.2) is 60.1 Å². The topological polar surface area (TPSA) is 12.4 Å². The Hall–Kier alpha value is -2.29. The molecule has 2 rings (SSSR count). The van der Waals surface area contributed by atoms with Crippen LogP contribution in [-0.2, 0) is 0 Å². The summed E-state index contributed by atoms with van der Waals surface area (Å²) in [5, 5.41) is 0. The molecular formula is C16H15F2N. The van der Waals surface area contributed by atoms with Gasteiger partial charge < -0.3 is 0 Å². The van der Waals surface area contributed by atoms with Gasteiger partial charge in [0, 0.05) is 13.3 Å². The van der Waals surface area contributed by atoms with Gasteiger partial charge in [0.2, 0.25) is 0 Å². The van der Waals surface area contributed by atoms with E-state index in [0.717, 1.165) is 11.1 Å². The van der Waals surface area contributed by atoms with Gasteiger partial charge in [0.1, 0.15) is 11.6 Å². The van der Waals surface area contributed by atoms with Crippen molar-refractivity contribution in [1.29, 1.82) is 0 Å². The summed E-state index contributed by atoms with van der Waals surface area (Å²) < 4.78 is 24.5. The Labute approximate surface area is 111 Å². The third kappa shape index (κ3) is 5.73. The van der Waals surface area contributed by atoms with E-state index in [4.69, 9.17) is 0 Å². The molecule has 0 spiro atoms. The molecule has 0 atom stereocenters. The Morgan fingerprint density at radius 3 is 1.63 bits per heavy atom. The molecule has 0 aliphatic heterocycles. The average Bonchev–Trinajstić information content (AvgIpc) is 2.43. The highest BCUT2D eigenvalue weighted by molar-refractivity contribution is 5.79. The summed E-state index contributed by atoms with van der Waals surface area (Å²) in [6.07, 6.45) is 3.36. The molecule has 0 aliphatic rings. The first kappa shape index (κ1) is 14.8. The van der Waals surface area contributed by atoms with Crippen LogP contribution in [0, 0.1) is 11.6 Å². The van der Waals surface area contributed by atoms with Crippen LogP contribution in [0.3, 0.4) is 0 Å². The highest BCUT2D eigenvalue weighted by Crippen LogP contribution is 2.02. The molecule has 2 aromatic carbocycles. The van der Waals surface area contributed by atoms with Crippen LogP contribution in [0.4, 0.5) is 8.78 Å². The van der Waals surface area contributed by atoms with Gasteiger partial charge in [-0.1, -0.05) is 36.9 Å². The van der Waals surface area contributed by atoms with Crippen LogP contribution in [0.2, 0.25) is 0 Å². The summed E-state index contributed by atoms with van der Waals surface area (Å²) in [4.78, 5) is 3.79. The number of nitrogens with zero attached hydrogens (tertiary/aromatic N) is 1. The maximum Gasteiger partial charge on any atom is 0.123 e. The van der Waals surface area contributed by atoms with Crippen molar-refractivity contribution in [1.82, 2.24) is 0 Å². The van der Waals surface area contributed by atoms with Crippen molar-refractivity contribution in [3.05, 3.63) is 77.9 Å². The van der Waals surface area contributed by atoms with Gasteiger partial charge in [-0.15, -0.1) is 0 Å². The van der Waals surface area contributed by atoms with Crippen molar-refractivity contribution in [3.63, 3.8) is 0 Å². The van der Waals surface area contributed by atoms with E-state index in [0.29, 0.717) is 0 Å². The first-order valence-corrected chi connectivity index (χ1v) is 5.71. The second-order valence-electron chi connectivity index (χ2n) is 3.69. The molecule has 0 N–H and O–H groups in total. The maximum atomic E-state index is 12.3. The Morgan fingerprint density at radius 2 is 1.26 bits per heavy atom. The Balaban J connectivity index is 0.000000191. The normalized spacial score (nSPS) is 9.84. The number of hydrogen-bond donors (Lipinski definition) is 0. The molecule has 3 heteroatoms. The summed E-state index contributed by atoms with van der Waals surface area (Å²) in [5.74, 6) is -0.422. The molecule has 0 saturated heterocycles. The number of hydrogen-bond acceptors (Lipinski definition) is 1. The van der Waals surface area contributed by atoms with Crippen LogP contribution in [-0.4, -0.2) is 13.3 Å². The van der Waals surface area contributed by atoms with Crippen LogP contribution in [0.5, 0.6) is 0 Å². The SMILES string of the molecule is C=Cc1ccc(F)cc1.CN=Cc1ccc(F)cc1. The average molecular weight is 259 g/mol. The largest absolute Gasteiger partial charge is 0.296 e. The van der Waals surface area contributed by atoms with E-state index in [1.165, 1.54) is 24.3 Å². The highest BCUT2D eigenvalue weighted by Gasteiger charge is 1.87. The molecule has 0 heterocycles. The van der Waals surface area contributed by atoms with E-state index < -0.39 is 0 Å². The monoisotopic (exact) mass is 259 g/mol. The van der Waals surface area contributed by atoms with Crippen LogP contribution < -0.4 is 0 Å². The molecule has 0 amide bonds. The van der Waals surface area contributed by atoms with E-state index in [9.17, 15) is 8.78 Å². The van der Waals surface area contributed by atoms with Crippen LogP contribution in [0.1, 0.15) is 11.1 Å². The van der Waals surface area contributed by atoms with Crippen molar-refractivity contribution in [2.45, 2.75) is 0 Å². The van der Waals surface area contributed by atoms with Crippen molar-refractivity contribution in [2.24, 2.45) is 4.99 Å². The smallest absolute Gasteiger partial charge is 0.123 e. The first-order chi connectivity index (χ1) is 9.15. The lowest BCUT2D eigenvalue weighted by Crippen LogP contribution is -1.79. The van der Waals surface area contributed by atoms with E-state index in [-0.39, 0.29) is 11.6 Å². The van der Waals surface area contributed by atoms with Crippen LogP contribution >= 0.6 is 0 Å². The molecule has 0 saturated carbocycles. The molecule has 1 nitrogen and oxygen atoms in total. The fourth-order valence-corrected chi connectivity index (χ4v) is 1.30. The summed E-state index contributed by atoms with van der Waals surface area (Å²) in [6, 6.07) is 12.4. The minimum Gasteiger partial charge on any atom is -0.296 e. The molecule has 0 bridgehead atoms. The summed E-state index contributed by atoms with van der Waals surface area (Å²) >= 11 is 0. The van der Waals surface area contributed by atoms with Gasteiger partial charge in [0.25, 0.3) is 0 Å². The Bertz CT molecular complexity index is 528. The third-order valence-corrected chi connectivity index (χ3v) is 2.25. The van der Waals surface area contributed by atoms with Gasteiger partial charge in [-0.3, -0.25) is 4.99 Å². The Morgan fingerprint density at radius 1 is 0.842 bits per heavy atom. The molecule has 19 heavy (non-hydrogen) atoms. The summed E-state index contributed by atoms with van der Waals surface area (Å²) in [6.45, 7) is 3.54. The van der Waals surface area contributed by atoms with E-state index in [1.807, 2.05) is 0 Å². The quantitative estimate of drug-likeness (QED) is 0.711. The van der Waals surface area contributed by atoms with Gasteiger partial charge >= 0.3 is 0 Å². The second kappa shape index (κ2) is 7.93. The molecular weight excluding hydrogens is 244 g/mol. The zero-order valence-corrected chi connectivity index (χ0v) is 10.7. The van der Waals surface area contributed by atoms with E-state index in [1.54, 1.807) is 43.6 Å². The zero-order valence-electron chi connectivity index (χ0n) is 10.7. The lowest BCUT2D eigenvalue weighted by atomic mass is 10.2. The molecule has 98 valence electrons. The van der Waals surface area contributed by atoms with E-state index in [2.05, 4.69) is 11.6 Å². The fraction of sp³-hybridized carbons (Fsp3) is 0.0625. The summed E-state index contributed by atoms with van der Waals surface area (Å²) in [5.41, 5.74) is 1.86. The van der Waals surface area contributed by atoms with Gasteiger partial charge in [-0.05, 0) is 35.4 Å².